The van der Waals surface area contributed by atoms with Crippen molar-refractivity contribution in [3.63, 3.8) is 0 Å². The number of hydrogen-bond acceptors (Lipinski definition) is 1. The average molecular weight is 282 g/mol. The lowest BCUT2D eigenvalue weighted by atomic mass is 9.95. The Morgan fingerprint density at radius 2 is 2.05 bits per heavy atom. The van der Waals surface area contributed by atoms with E-state index in [0.29, 0.717) is 17.4 Å². The second-order valence-electron chi connectivity index (χ2n) is 5.11. The third kappa shape index (κ3) is 5.65. The van der Waals surface area contributed by atoms with Crippen molar-refractivity contribution >= 4 is 23.2 Å². The molecule has 0 heterocycles. The molecule has 0 aliphatic rings. The summed E-state index contributed by atoms with van der Waals surface area (Å²) in [5.74, 6) is 0.746. The lowest BCUT2D eigenvalue weighted by Gasteiger charge is -2.14. The molecule has 1 unspecified atom stereocenters. The van der Waals surface area contributed by atoms with E-state index in [0.717, 1.165) is 24.1 Å². The highest BCUT2D eigenvalue weighted by atomic mass is 35.5. The fourth-order valence-electron chi connectivity index (χ4n) is 2.24. The van der Waals surface area contributed by atoms with Gasteiger partial charge in [0.1, 0.15) is 0 Å². The van der Waals surface area contributed by atoms with Crippen LogP contribution >= 0.6 is 11.6 Å². The summed E-state index contributed by atoms with van der Waals surface area (Å²) >= 11 is 5.94. The smallest absolute Gasteiger partial charge is 0.224 e. The van der Waals surface area contributed by atoms with Gasteiger partial charge in [0, 0.05) is 17.1 Å². The largest absolute Gasteiger partial charge is 0.326 e. The molecule has 0 aliphatic carbocycles. The molecule has 0 saturated carbocycles. The maximum atomic E-state index is 11.9. The number of carbonyl (C=O) groups is 1. The van der Waals surface area contributed by atoms with E-state index in [1.807, 2.05) is 19.1 Å². The summed E-state index contributed by atoms with van der Waals surface area (Å²) in [4.78, 5) is 11.9. The summed E-state index contributed by atoms with van der Waals surface area (Å²) in [6, 6.07) is 5.56. The first-order valence-corrected chi connectivity index (χ1v) is 7.50. The first-order valence-electron chi connectivity index (χ1n) is 7.12. The van der Waals surface area contributed by atoms with Crippen molar-refractivity contribution in [2.24, 2.45) is 5.92 Å². The maximum Gasteiger partial charge on any atom is 0.224 e. The van der Waals surface area contributed by atoms with Gasteiger partial charge in [-0.3, -0.25) is 4.79 Å². The SMILES string of the molecule is CCCC(CC)CCC(=O)Nc1cc(Cl)ccc1C. The van der Waals surface area contributed by atoms with Crippen LogP contribution in [0.3, 0.4) is 0 Å². The maximum absolute atomic E-state index is 11.9. The highest BCUT2D eigenvalue weighted by Crippen LogP contribution is 2.21. The molecule has 1 aromatic carbocycles. The van der Waals surface area contributed by atoms with E-state index >= 15 is 0 Å². The monoisotopic (exact) mass is 281 g/mol. The minimum Gasteiger partial charge on any atom is -0.326 e. The summed E-state index contributed by atoms with van der Waals surface area (Å²) in [7, 11) is 0. The number of carbonyl (C=O) groups excluding carboxylic acids is 1. The van der Waals surface area contributed by atoms with Crippen molar-refractivity contribution in [1.29, 1.82) is 0 Å². The molecule has 1 aromatic rings. The Labute approximate surface area is 121 Å². The van der Waals surface area contributed by atoms with Crippen LogP contribution < -0.4 is 5.32 Å². The Hall–Kier alpha value is -1.02. The Morgan fingerprint density at radius 1 is 1.32 bits per heavy atom. The average Bonchev–Trinajstić information content (AvgIpc) is 2.39. The van der Waals surface area contributed by atoms with Gasteiger partial charge in [0.05, 0.1) is 0 Å². The molecule has 1 rings (SSSR count). The van der Waals surface area contributed by atoms with Crippen LogP contribution in [0.1, 0.15) is 51.5 Å². The molecule has 0 bridgehead atoms. The molecule has 0 aromatic heterocycles. The minimum atomic E-state index is 0.0833. The van der Waals surface area contributed by atoms with E-state index in [-0.39, 0.29) is 5.91 Å². The highest BCUT2D eigenvalue weighted by Gasteiger charge is 2.10. The zero-order valence-corrected chi connectivity index (χ0v) is 12.9. The van der Waals surface area contributed by atoms with Gasteiger partial charge in [-0.15, -0.1) is 0 Å². The molecule has 1 N–H and O–H groups in total. The van der Waals surface area contributed by atoms with Gasteiger partial charge in [0.2, 0.25) is 5.91 Å². The number of halogens is 1. The molecule has 1 atom stereocenters. The summed E-state index contributed by atoms with van der Waals surface area (Å²) in [5, 5.41) is 3.60. The van der Waals surface area contributed by atoms with Crippen molar-refractivity contribution in [3.05, 3.63) is 28.8 Å². The fourth-order valence-corrected chi connectivity index (χ4v) is 2.41. The van der Waals surface area contributed by atoms with Crippen LogP contribution in [0.25, 0.3) is 0 Å². The van der Waals surface area contributed by atoms with E-state index in [1.165, 1.54) is 12.8 Å². The van der Waals surface area contributed by atoms with Gasteiger partial charge in [-0.25, -0.2) is 0 Å². The van der Waals surface area contributed by atoms with Crippen molar-refractivity contribution in [2.75, 3.05) is 5.32 Å². The third-order valence-corrected chi connectivity index (χ3v) is 3.76. The predicted octanol–water partition coefficient (Wildman–Crippen LogP) is 5.19. The number of rotatable bonds is 7. The van der Waals surface area contributed by atoms with Crippen LogP contribution in [0.5, 0.6) is 0 Å². The van der Waals surface area contributed by atoms with Gasteiger partial charge < -0.3 is 5.32 Å². The van der Waals surface area contributed by atoms with E-state index in [9.17, 15) is 4.79 Å². The summed E-state index contributed by atoms with van der Waals surface area (Å²) in [6.07, 6.45) is 5.10. The number of nitrogens with one attached hydrogen (secondary N) is 1. The van der Waals surface area contributed by atoms with Crippen LogP contribution in [0.15, 0.2) is 18.2 Å². The van der Waals surface area contributed by atoms with Crippen LogP contribution in [0, 0.1) is 12.8 Å². The van der Waals surface area contributed by atoms with Crippen LogP contribution in [-0.2, 0) is 4.79 Å². The molecule has 19 heavy (non-hydrogen) atoms. The van der Waals surface area contributed by atoms with Crippen molar-refractivity contribution < 1.29 is 4.79 Å². The molecule has 0 fully saturated rings. The third-order valence-electron chi connectivity index (χ3n) is 3.53. The number of hydrogen-bond donors (Lipinski definition) is 1. The van der Waals surface area contributed by atoms with Crippen molar-refractivity contribution in [2.45, 2.75) is 52.9 Å². The van der Waals surface area contributed by atoms with E-state index < -0.39 is 0 Å². The first kappa shape index (κ1) is 16.0. The van der Waals surface area contributed by atoms with Crippen LogP contribution in [-0.4, -0.2) is 5.91 Å². The molecule has 0 spiro atoms. The quantitative estimate of drug-likeness (QED) is 0.732. The van der Waals surface area contributed by atoms with Gasteiger partial charge >= 0.3 is 0 Å². The van der Waals surface area contributed by atoms with Crippen LogP contribution in [0.4, 0.5) is 5.69 Å². The number of anilines is 1. The molecular weight excluding hydrogens is 258 g/mol. The Morgan fingerprint density at radius 3 is 2.68 bits per heavy atom. The molecule has 3 heteroatoms. The molecule has 106 valence electrons. The van der Waals surface area contributed by atoms with Gasteiger partial charge in [-0.05, 0) is 37.0 Å². The normalized spacial score (nSPS) is 12.2. The fraction of sp³-hybridized carbons (Fsp3) is 0.562. The highest BCUT2D eigenvalue weighted by molar-refractivity contribution is 6.31. The molecule has 1 amide bonds. The number of benzene rings is 1. The molecule has 0 saturated heterocycles. The second kappa shape index (κ2) is 8.21. The molecule has 0 aliphatic heterocycles. The zero-order valence-electron chi connectivity index (χ0n) is 12.1. The second-order valence-corrected chi connectivity index (χ2v) is 5.55. The predicted molar refractivity (Wildman–Crippen MR) is 82.7 cm³/mol. The Balaban J connectivity index is 2.48. The number of amides is 1. The van der Waals surface area contributed by atoms with Gasteiger partial charge in [0.25, 0.3) is 0 Å². The molecular formula is C16H24ClNO. The molecule has 2 nitrogen and oxygen atoms in total. The van der Waals surface area contributed by atoms with E-state index in [4.69, 9.17) is 11.6 Å². The standard InChI is InChI=1S/C16H24ClNO/c1-4-6-13(5-2)8-10-16(19)18-15-11-14(17)9-7-12(15)3/h7,9,11,13H,4-6,8,10H2,1-3H3,(H,18,19). The lowest BCUT2D eigenvalue weighted by molar-refractivity contribution is -0.116. The first-order chi connectivity index (χ1) is 9.06. The van der Waals surface area contributed by atoms with Gasteiger partial charge in [-0.2, -0.15) is 0 Å². The lowest BCUT2D eigenvalue weighted by Crippen LogP contribution is -2.14. The Kier molecular flexibility index (Phi) is 6.93. The van der Waals surface area contributed by atoms with Gasteiger partial charge in [0.15, 0.2) is 0 Å². The number of aryl methyl sites for hydroxylation is 1. The van der Waals surface area contributed by atoms with Crippen molar-refractivity contribution in [3.8, 4) is 0 Å². The summed E-state index contributed by atoms with van der Waals surface area (Å²) in [5.41, 5.74) is 1.86. The van der Waals surface area contributed by atoms with Gasteiger partial charge in [-0.1, -0.05) is 50.8 Å². The van der Waals surface area contributed by atoms with Crippen molar-refractivity contribution in [1.82, 2.24) is 0 Å². The van der Waals surface area contributed by atoms with Crippen LogP contribution in [0.2, 0.25) is 5.02 Å². The minimum absolute atomic E-state index is 0.0833. The molecule has 0 radical (unpaired) electrons. The summed E-state index contributed by atoms with van der Waals surface area (Å²) < 4.78 is 0. The van der Waals surface area contributed by atoms with E-state index in [1.54, 1.807) is 6.07 Å². The Bertz CT molecular complexity index is 417. The zero-order chi connectivity index (χ0) is 14.3. The summed E-state index contributed by atoms with van der Waals surface area (Å²) in [6.45, 7) is 6.36. The topological polar surface area (TPSA) is 29.1 Å². The van der Waals surface area contributed by atoms with E-state index in [2.05, 4.69) is 19.2 Å².